The number of primary amides is 1. The first-order chi connectivity index (χ1) is 12.0. The molecule has 2 amide bonds. The highest BCUT2D eigenvalue weighted by molar-refractivity contribution is 5.93. The molecule has 0 saturated carbocycles. The van der Waals surface area contributed by atoms with E-state index in [1.54, 1.807) is 0 Å². The molecule has 2 aliphatic heterocycles. The van der Waals surface area contributed by atoms with Crippen molar-refractivity contribution in [1.29, 1.82) is 0 Å². The van der Waals surface area contributed by atoms with Crippen molar-refractivity contribution in [2.75, 3.05) is 25.0 Å². The van der Waals surface area contributed by atoms with Gasteiger partial charge in [0.05, 0.1) is 12.6 Å². The fraction of sp³-hybridized carbons (Fsp3) is 0.579. The van der Waals surface area contributed by atoms with E-state index in [4.69, 9.17) is 5.73 Å². The zero-order valence-electron chi connectivity index (χ0n) is 14.9. The Balaban J connectivity index is 1.64. The summed E-state index contributed by atoms with van der Waals surface area (Å²) in [4.78, 5) is 28.4. The van der Waals surface area contributed by atoms with Crippen LogP contribution in [-0.4, -0.2) is 53.3 Å². The molecule has 0 bridgehead atoms. The maximum absolute atomic E-state index is 12.4. The van der Waals surface area contributed by atoms with Crippen molar-refractivity contribution in [2.45, 2.75) is 51.2 Å². The first-order valence-corrected chi connectivity index (χ1v) is 9.20. The third-order valence-electron chi connectivity index (χ3n) is 5.39. The summed E-state index contributed by atoms with van der Waals surface area (Å²) in [5.41, 5.74) is 7.36. The summed E-state index contributed by atoms with van der Waals surface area (Å²) in [6, 6.07) is 8.09. The van der Waals surface area contributed by atoms with Crippen molar-refractivity contribution in [3.8, 4) is 0 Å². The van der Waals surface area contributed by atoms with Crippen LogP contribution in [0.25, 0.3) is 0 Å². The van der Waals surface area contributed by atoms with Gasteiger partial charge in [-0.3, -0.25) is 19.4 Å². The average molecular weight is 344 g/mol. The van der Waals surface area contributed by atoms with Gasteiger partial charge in [-0.05, 0) is 57.3 Å². The molecule has 25 heavy (non-hydrogen) atoms. The minimum absolute atomic E-state index is 0.0223. The molecule has 6 nitrogen and oxygen atoms in total. The van der Waals surface area contributed by atoms with Crippen LogP contribution in [0.2, 0.25) is 0 Å². The van der Waals surface area contributed by atoms with Crippen LogP contribution in [0.15, 0.2) is 24.3 Å². The molecule has 136 valence electrons. The molecule has 2 saturated heterocycles. The third kappa shape index (κ3) is 4.38. The van der Waals surface area contributed by atoms with Gasteiger partial charge < -0.3 is 11.1 Å². The van der Waals surface area contributed by atoms with Crippen LogP contribution in [0.4, 0.5) is 5.69 Å². The van der Waals surface area contributed by atoms with Crippen LogP contribution in [0.5, 0.6) is 0 Å². The van der Waals surface area contributed by atoms with Crippen LogP contribution in [0.1, 0.15) is 38.2 Å². The van der Waals surface area contributed by atoms with Gasteiger partial charge in [-0.25, -0.2) is 0 Å². The second kappa shape index (κ2) is 7.97. The molecule has 0 aliphatic carbocycles. The van der Waals surface area contributed by atoms with Gasteiger partial charge in [0.15, 0.2) is 0 Å². The molecule has 2 atom stereocenters. The van der Waals surface area contributed by atoms with E-state index in [1.807, 2.05) is 24.3 Å². The minimum atomic E-state index is -0.262. The lowest BCUT2D eigenvalue weighted by atomic mass is 10.1. The molecular weight excluding hydrogens is 316 g/mol. The lowest BCUT2D eigenvalue weighted by molar-refractivity contribution is -0.122. The van der Waals surface area contributed by atoms with E-state index < -0.39 is 0 Å². The molecule has 2 fully saturated rings. The van der Waals surface area contributed by atoms with Gasteiger partial charge in [0.25, 0.3) is 0 Å². The van der Waals surface area contributed by atoms with Crippen molar-refractivity contribution in [2.24, 2.45) is 5.73 Å². The fourth-order valence-electron chi connectivity index (χ4n) is 3.94. The molecular formula is C19H28N4O2. The van der Waals surface area contributed by atoms with E-state index in [-0.39, 0.29) is 17.9 Å². The molecule has 2 heterocycles. The predicted molar refractivity (Wildman–Crippen MR) is 98.0 cm³/mol. The monoisotopic (exact) mass is 344 g/mol. The Morgan fingerprint density at radius 3 is 2.60 bits per heavy atom. The number of likely N-dealkylation sites (tertiary alicyclic amines) is 2. The van der Waals surface area contributed by atoms with Crippen molar-refractivity contribution >= 4 is 17.5 Å². The van der Waals surface area contributed by atoms with Crippen LogP contribution >= 0.6 is 0 Å². The molecule has 3 N–H and O–H groups in total. The van der Waals surface area contributed by atoms with E-state index in [1.165, 1.54) is 0 Å². The number of carbonyl (C=O) groups is 2. The molecule has 6 heteroatoms. The number of para-hydroxylation sites is 1. The van der Waals surface area contributed by atoms with Crippen molar-refractivity contribution in [3.05, 3.63) is 29.8 Å². The number of hydrogen-bond donors (Lipinski definition) is 2. The van der Waals surface area contributed by atoms with E-state index in [2.05, 4.69) is 22.0 Å². The highest BCUT2D eigenvalue weighted by Gasteiger charge is 2.29. The largest absolute Gasteiger partial charge is 0.368 e. The highest BCUT2D eigenvalue weighted by Crippen LogP contribution is 2.24. The Morgan fingerprint density at radius 2 is 1.88 bits per heavy atom. The van der Waals surface area contributed by atoms with Gasteiger partial charge in [0.2, 0.25) is 11.8 Å². The summed E-state index contributed by atoms with van der Waals surface area (Å²) < 4.78 is 0. The van der Waals surface area contributed by atoms with Gasteiger partial charge in [0.1, 0.15) is 0 Å². The topological polar surface area (TPSA) is 78.7 Å². The number of hydrogen-bond acceptors (Lipinski definition) is 4. The first-order valence-electron chi connectivity index (χ1n) is 9.20. The first kappa shape index (κ1) is 17.9. The molecule has 0 radical (unpaired) electrons. The zero-order valence-corrected chi connectivity index (χ0v) is 14.9. The van der Waals surface area contributed by atoms with E-state index in [0.717, 1.165) is 50.0 Å². The van der Waals surface area contributed by atoms with E-state index in [9.17, 15) is 9.59 Å². The Bertz CT molecular complexity index is 634. The summed E-state index contributed by atoms with van der Waals surface area (Å²) in [6.07, 6.45) is 4.12. The number of benzene rings is 1. The van der Waals surface area contributed by atoms with Crippen LogP contribution < -0.4 is 11.1 Å². The summed E-state index contributed by atoms with van der Waals surface area (Å²) in [6.45, 7) is 5.09. The smallest absolute Gasteiger partial charge is 0.238 e. The SMILES string of the molecule is C[C@H]1CCCN1CC(=O)Nc1ccccc1CN1CCC[C@H]1C(N)=O. The number of carbonyl (C=O) groups excluding carboxylic acids is 2. The van der Waals surface area contributed by atoms with Gasteiger partial charge in [-0.15, -0.1) is 0 Å². The Labute approximate surface area is 149 Å². The van der Waals surface area contributed by atoms with E-state index in [0.29, 0.717) is 19.1 Å². The number of nitrogens with two attached hydrogens (primary N) is 1. The summed E-state index contributed by atoms with van der Waals surface area (Å²) >= 11 is 0. The summed E-state index contributed by atoms with van der Waals surface area (Å²) in [7, 11) is 0. The maximum atomic E-state index is 12.4. The van der Waals surface area contributed by atoms with Crippen molar-refractivity contribution in [1.82, 2.24) is 9.80 Å². The van der Waals surface area contributed by atoms with Crippen molar-refractivity contribution < 1.29 is 9.59 Å². The van der Waals surface area contributed by atoms with E-state index >= 15 is 0 Å². The highest BCUT2D eigenvalue weighted by atomic mass is 16.2. The van der Waals surface area contributed by atoms with Gasteiger partial charge in [-0.1, -0.05) is 18.2 Å². The second-order valence-corrected chi connectivity index (χ2v) is 7.20. The Kier molecular flexibility index (Phi) is 5.71. The van der Waals surface area contributed by atoms with Gasteiger partial charge >= 0.3 is 0 Å². The van der Waals surface area contributed by atoms with Crippen LogP contribution in [0, 0.1) is 0 Å². The molecule has 1 aromatic rings. The normalized spacial score (nSPS) is 24.5. The molecule has 0 aromatic heterocycles. The van der Waals surface area contributed by atoms with Crippen LogP contribution in [0.3, 0.4) is 0 Å². The third-order valence-corrected chi connectivity index (χ3v) is 5.39. The van der Waals surface area contributed by atoms with Crippen LogP contribution in [-0.2, 0) is 16.1 Å². The number of amides is 2. The van der Waals surface area contributed by atoms with Gasteiger partial charge in [-0.2, -0.15) is 0 Å². The lowest BCUT2D eigenvalue weighted by Crippen LogP contribution is -2.40. The summed E-state index contributed by atoms with van der Waals surface area (Å²) in [5.74, 6) is -0.240. The second-order valence-electron chi connectivity index (χ2n) is 7.20. The number of rotatable bonds is 6. The predicted octanol–water partition coefficient (Wildman–Crippen LogP) is 1.56. The minimum Gasteiger partial charge on any atom is -0.368 e. The van der Waals surface area contributed by atoms with Gasteiger partial charge in [0, 0.05) is 18.3 Å². The number of nitrogens with zero attached hydrogens (tertiary/aromatic N) is 2. The Hall–Kier alpha value is -1.92. The zero-order chi connectivity index (χ0) is 17.8. The summed E-state index contributed by atoms with van der Waals surface area (Å²) in [5, 5.41) is 3.05. The molecule has 1 aromatic carbocycles. The lowest BCUT2D eigenvalue weighted by Gasteiger charge is -2.24. The molecule has 0 unspecified atom stereocenters. The average Bonchev–Trinajstić information content (AvgIpc) is 3.19. The number of nitrogens with one attached hydrogen (secondary N) is 1. The Morgan fingerprint density at radius 1 is 1.16 bits per heavy atom. The molecule has 2 aliphatic rings. The van der Waals surface area contributed by atoms with Crippen molar-refractivity contribution in [3.63, 3.8) is 0 Å². The fourth-order valence-corrected chi connectivity index (χ4v) is 3.94. The maximum Gasteiger partial charge on any atom is 0.238 e. The quantitative estimate of drug-likeness (QED) is 0.821. The number of anilines is 1. The molecule has 3 rings (SSSR count). The standard InChI is InChI=1S/C19H28N4O2/c1-14-6-4-10-22(14)13-18(24)21-16-8-3-2-7-15(16)12-23-11-5-9-17(23)19(20)25/h2-3,7-8,14,17H,4-6,9-13H2,1H3,(H2,20,25)(H,21,24)/t14-,17-/m0/s1. The molecule has 0 spiro atoms.